The Balaban J connectivity index is 5.46. The second-order valence-corrected chi connectivity index (χ2v) is 7.80. The van der Waals surface area contributed by atoms with E-state index in [0.717, 1.165) is 0 Å². The maximum absolute atomic E-state index is 12.7. The summed E-state index contributed by atoms with van der Waals surface area (Å²) >= 11 is 0. The van der Waals surface area contributed by atoms with Gasteiger partial charge in [-0.2, -0.15) is 0 Å². The molecule has 5 unspecified atom stereocenters. The third-order valence-electron chi connectivity index (χ3n) is 4.35. The molecule has 30 heavy (non-hydrogen) atoms. The highest BCUT2D eigenvalue weighted by molar-refractivity contribution is 5.96. The van der Waals surface area contributed by atoms with E-state index in [1.807, 2.05) is 0 Å². The Hall–Kier alpha value is -2.73. The van der Waals surface area contributed by atoms with E-state index in [1.54, 1.807) is 27.7 Å². The molecule has 0 aromatic rings. The van der Waals surface area contributed by atoms with Crippen LogP contribution in [0.1, 0.15) is 41.0 Å². The predicted molar refractivity (Wildman–Crippen MR) is 107 cm³/mol. The van der Waals surface area contributed by atoms with Gasteiger partial charge in [-0.05, 0) is 18.8 Å². The molecule has 0 heterocycles. The number of carbonyl (C=O) groups excluding carboxylic acids is 4. The van der Waals surface area contributed by atoms with Gasteiger partial charge in [-0.15, -0.1) is 0 Å². The summed E-state index contributed by atoms with van der Waals surface area (Å²) in [6.45, 7) is 7.79. The number of aliphatic hydroxyl groups excluding tert-OH is 1. The summed E-state index contributed by atoms with van der Waals surface area (Å²) in [5.74, 6) is -5.42. The fourth-order valence-electron chi connectivity index (χ4n) is 2.40. The first kappa shape index (κ1) is 27.3. The quantitative estimate of drug-likeness (QED) is 0.174. The molecular weight excluding hydrogens is 398 g/mol. The van der Waals surface area contributed by atoms with Crippen molar-refractivity contribution in [1.29, 1.82) is 0 Å². The summed E-state index contributed by atoms with van der Waals surface area (Å²) in [7, 11) is 0. The second kappa shape index (κ2) is 12.1. The Morgan fingerprint density at radius 3 is 1.67 bits per heavy atom. The van der Waals surface area contributed by atoms with Gasteiger partial charge in [0.15, 0.2) is 6.04 Å². The number of primary amides is 1. The SMILES string of the molecule is CC(C)C(N)C(=O)NC(CC(N)=O)C(=O)NC(C(=O)NC(C(=O)O)C(C)O)C(C)C. The van der Waals surface area contributed by atoms with Gasteiger partial charge in [0.05, 0.1) is 18.6 Å². The molecule has 0 bridgehead atoms. The number of carboxylic acids is 1. The zero-order valence-corrected chi connectivity index (χ0v) is 17.8. The fourth-order valence-corrected chi connectivity index (χ4v) is 2.40. The predicted octanol–water partition coefficient (Wildman–Crippen LogP) is -2.58. The first-order valence-corrected chi connectivity index (χ1v) is 9.54. The van der Waals surface area contributed by atoms with Gasteiger partial charge < -0.3 is 37.6 Å². The van der Waals surface area contributed by atoms with E-state index in [1.165, 1.54) is 6.92 Å². The number of carboxylic acid groups (broad SMARTS) is 1. The van der Waals surface area contributed by atoms with Crippen molar-refractivity contribution in [2.24, 2.45) is 23.3 Å². The zero-order chi connectivity index (χ0) is 23.8. The van der Waals surface area contributed by atoms with E-state index < -0.39 is 72.2 Å². The lowest BCUT2D eigenvalue weighted by molar-refractivity contribution is -0.145. The normalized spacial score (nSPS) is 16.2. The van der Waals surface area contributed by atoms with Crippen LogP contribution in [0.4, 0.5) is 0 Å². The Morgan fingerprint density at radius 1 is 0.800 bits per heavy atom. The number of carbonyl (C=O) groups is 5. The van der Waals surface area contributed by atoms with Crippen molar-refractivity contribution in [2.45, 2.75) is 71.3 Å². The Bertz CT molecular complexity index is 651. The number of nitrogens with two attached hydrogens (primary N) is 2. The number of aliphatic hydroxyl groups is 1. The van der Waals surface area contributed by atoms with Crippen molar-refractivity contribution in [3.8, 4) is 0 Å². The van der Waals surface area contributed by atoms with Crippen molar-refractivity contribution < 1.29 is 34.2 Å². The van der Waals surface area contributed by atoms with Crippen LogP contribution in [0, 0.1) is 11.8 Å². The molecule has 0 rings (SSSR count). The molecule has 0 aromatic heterocycles. The molecule has 0 aromatic carbocycles. The molecule has 0 radical (unpaired) electrons. The first-order valence-electron chi connectivity index (χ1n) is 9.54. The van der Waals surface area contributed by atoms with Crippen LogP contribution >= 0.6 is 0 Å². The molecule has 4 amide bonds. The highest BCUT2D eigenvalue weighted by Gasteiger charge is 2.33. The van der Waals surface area contributed by atoms with E-state index in [4.69, 9.17) is 16.6 Å². The fraction of sp³-hybridized carbons (Fsp3) is 0.722. The number of hydrogen-bond acceptors (Lipinski definition) is 7. The number of rotatable bonds is 12. The minimum atomic E-state index is -1.58. The van der Waals surface area contributed by atoms with E-state index in [-0.39, 0.29) is 5.92 Å². The highest BCUT2D eigenvalue weighted by Crippen LogP contribution is 2.06. The summed E-state index contributed by atoms with van der Waals surface area (Å²) in [5, 5.41) is 25.5. The van der Waals surface area contributed by atoms with Crippen molar-refractivity contribution in [2.75, 3.05) is 0 Å². The molecule has 0 aliphatic carbocycles. The van der Waals surface area contributed by atoms with Crippen molar-refractivity contribution >= 4 is 29.6 Å². The van der Waals surface area contributed by atoms with Crippen molar-refractivity contribution in [3.63, 3.8) is 0 Å². The summed E-state index contributed by atoms with van der Waals surface area (Å²) in [5.41, 5.74) is 10.9. The molecule has 0 aliphatic heterocycles. The standard InChI is InChI=1S/C18H33N5O7/c1-7(2)12(20)16(27)21-10(6-11(19)25)15(26)22-13(8(3)4)17(28)23-14(9(5)24)18(29)30/h7-10,12-14,24H,6,20H2,1-5H3,(H2,19,25)(H,21,27)(H,22,26)(H,23,28)(H,29,30). The van der Waals surface area contributed by atoms with Gasteiger partial charge in [0.25, 0.3) is 0 Å². The summed E-state index contributed by atoms with van der Waals surface area (Å²) in [6, 6.07) is -5.09. The zero-order valence-electron chi connectivity index (χ0n) is 17.8. The van der Waals surface area contributed by atoms with E-state index >= 15 is 0 Å². The largest absolute Gasteiger partial charge is 0.480 e. The maximum Gasteiger partial charge on any atom is 0.328 e. The molecule has 9 N–H and O–H groups in total. The number of nitrogens with one attached hydrogen (secondary N) is 3. The van der Waals surface area contributed by atoms with Crippen LogP contribution < -0.4 is 27.4 Å². The molecule has 0 saturated carbocycles. The Morgan fingerprint density at radius 2 is 1.30 bits per heavy atom. The van der Waals surface area contributed by atoms with Gasteiger partial charge >= 0.3 is 5.97 Å². The molecule has 0 aliphatic rings. The van der Waals surface area contributed by atoms with Gasteiger partial charge in [0, 0.05) is 0 Å². The van der Waals surface area contributed by atoms with Crippen LogP contribution in [0.3, 0.4) is 0 Å². The van der Waals surface area contributed by atoms with Gasteiger partial charge in [0.2, 0.25) is 23.6 Å². The Labute approximate surface area is 175 Å². The third kappa shape index (κ3) is 8.74. The average Bonchev–Trinajstić information content (AvgIpc) is 2.60. The van der Waals surface area contributed by atoms with E-state index in [0.29, 0.717) is 0 Å². The monoisotopic (exact) mass is 431 g/mol. The average molecular weight is 431 g/mol. The smallest absolute Gasteiger partial charge is 0.328 e. The van der Waals surface area contributed by atoms with Crippen LogP contribution in [-0.4, -0.2) is 70.1 Å². The Kier molecular flexibility index (Phi) is 11.0. The summed E-state index contributed by atoms with van der Waals surface area (Å²) in [6.07, 6.45) is -1.91. The van der Waals surface area contributed by atoms with Crippen LogP contribution in [0.2, 0.25) is 0 Å². The highest BCUT2D eigenvalue weighted by atomic mass is 16.4. The van der Waals surface area contributed by atoms with Crippen LogP contribution in [0.5, 0.6) is 0 Å². The van der Waals surface area contributed by atoms with Gasteiger partial charge in [0.1, 0.15) is 12.1 Å². The molecule has 0 spiro atoms. The number of amides is 4. The minimum absolute atomic E-state index is 0.232. The van der Waals surface area contributed by atoms with Crippen LogP contribution in [0.25, 0.3) is 0 Å². The van der Waals surface area contributed by atoms with Crippen molar-refractivity contribution in [1.82, 2.24) is 16.0 Å². The first-order chi connectivity index (χ1) is 13.7. The second-order valence-electron chi connectivity index (χ2n) is 7.80. The summed E-state index contributed by atoms with van der Waals surface area (Å²) in [4.78, 5) is 59.9. The lowest BCUT2D eigenvalue weighted by atomic mass is 10.0. The molecule has 0 saturated heterocycles. The van der Waals surface area contributed by atoms with Gasteiger partial charge in [-0.3, -0.25) is 19.2 Å². The third-order valence-corrected chi connectivity index (χ3v) is 4.35. The number of aliphatic carboxylic acids is 1. The molecule has 12 nitrogen and oxygen atoms in total. The molecule has 0 fully saturated rings. The van der Waals surface area contributed by atoms with Gasteiger partial charge in [-0.25, -0.2) is 4.79 Å². The van der Waals surface area contributed by atoms with Crippen LogP contribution in [-0.2, 0) is 24.0 Å². The van der Waals surface area contributed by atoms with E-state index in [9.17, 15) is 29.1 Å². The summed E-state index contributed by atoms with van der Waals surface area (Å²) < 4.78 is 0. The van der Waals surface area contributed by atoms with Crippen molar-refractivity contribution in [3.05, 3.63) is 0 Å². The molecule has 172 valence electrons. The number of hydrogen-bond donors (Lipinski definition) is 7. The molecule has 12 heteroatoms. The lowest BCUT2D eigenvalue weighted by Crippen LogP contribution is -2.60. The molecular formula is C18H33N5O7. The minimum Gasteiger partial charge on any atom is -0.480 e. The van der Waals surface area contributed by atoms with Crippen LogP contribution in [0.15, 0.2) is 0 Å². The van der Waals surface area contributed by atoms with Gasteiger partial charge in [-0.1, -0.05) is 27.7 Å². The van der Waals surface area contributed by atoms with E-state index in [2.05, 4.69) is 16.0 Å². The lowest BCUT2D eigenvalue weighted by Gasteiger charge is -2.27. The molecule has 5 atom stereocenters. The topological polar surface area (TPSA) is 214 Å². The maximum atomic E-state index is 12.7.